The zero-order valence-corrected chi connectivity index (χ0v) is 13.8. The van der Waals surface area contributed by atoms with Gasteiger partial charge in [0.15, 0.2) is 21.4 Å². The summed E-state index contributed by atoms with van der Waals surface area (Å²) in [5, 5.41) is 2.53. The van der Waals surface area contributed by atoms with Crippen LogP contribution in [-0.4, -0.2) is 30.7 Å². The minimum atomic E-state index is -3.40. The highest BCUT2D eigenvalue weighted by Crippen LogP contribution is 2.30. The molecule has 1 heterocycles. The van der Waals surface area contributed by atoms with Crippen LogP contribution in [0, 0.1) is 6.92 Å². The van der Waals surface area contributed by atoms with Gasteiger partial charge in [-0.3, -0.25) is 0 Å². The molecule has 0 unspecified atom stereocenters. The molecule has 1 aromatic carbocycles. The van der Waals surface area contributed by atoms with Gasteiger partial charge in [-0.15, -0.1) is 0 Å². The number of benzene rings is 1. The molecule has 1 aromatic heterocycles. The lowest BCUT2D eigenvalue weighted by molar-refractivity contribution is 0.412. The molecule has 2 aromatic rings. The Hall–Kier alpha value is -2.15. The molecule has 0 atom stereocenters. The van der Waals surface area contributed by atoms with Crippen molar-refractivity contribution in [1.82, 2.24) is 9.97 Å². The fourth-order valence-electron chi connectivity index (χ4n) is 1.90. The van der Waals surface area contributed by atoms with Crippen molar-refractivity contribution in [2.45, 2.75) is 30.9 Å². The lowest BCUT2D eigenvalue weighted by atomic mass is 10.3. The van der Waals surface area contributed by atoms with E-state index < -0.39 is 15.1 Å². The van der Waals surface area contributed by atoms with Gasteiger partial charge in [-0.25, -0.2) is 18.4 Å². The average Bonchev–Trinajstić information content (AvgIpc) is 2.47. The lowest BCUT2D eigenvalue weighted by Gasteiger charge is -2.15. The van der Waals surface area contributed by atoms with E-state index in [1.54, 1.807) is 51.2 Å². The fourth-order valence-corrected chi connectivity index (χ4v) is 3.10. The SMILES string of the molecule is COc1cnc(C)nc1Nc1ccccc1S(=O)(=O)C(C)C. The Morgan fingerprint density at radius 1 is 1.23 bits per heavy atom. The van der Waals surface area contributed by atoms with Crippen LogP contribution in [-0.2, 0) is 9.84 Å². The van der Waals surface area contributed by atoms with Crippen molar-refractivity contribution in [3.8, 4) is 5.75 Å². The lowest BCUT2D eigenvalue weighted by Crippen LogP contribution is -2.15. The van der Waals surface area contributed by atoms with Crippen LogP contribution in [0.3, 0.4) is 0 Å². The topological polar surface area (TPSA) is 81.2 Å². The maximum atomic E-state index is 12.5. The van der Waals surface area contributed by atoms with Crippen LogP contribution in [0.4, 0.5) is 11.5 Å². The van der Waals surface area contributed by atoms with Crippen molar-refractivity contribution in [3.05, 3.63) is 36.3 Å². The molecule has 0 saturated heterocycles. The Balaban J connectivity index is 2.50. The van der Waals surface area contributed by atoms with Crippen LogP contribution < -0.4 is 10.1 Å². The summed E-state index contributed by atoms with van der Waals surface area (Å²) in [7, 11) is -1.89. The van der Waals surface area contributed by atoms with Crippen LogP contribution in [0.15, 0.2) is 35.4 Å². The first-order valence-electron chi connectivity index (χ1n) is 6.84. The Kier molecular flexibility index (Phi) is 4.65. The summed E-state index contributed by atoms with van der Waals surface area (Å²) in [6, 6.07) is 6.75. The average molecular weight is 321 g/mol. The predicted octanol–water partition coefficient (Wildman–Crippen LogP) is 2.72. The number of sulfone groups is 1. The molecule has 7 heteroatoms. The van der Waals surface area contributed by atoms with Crippen LogP contribution in [0.5, 0.6) is 5.75 Å². The number of hydrogen-bond donors (Lipinski definition) is 1. The largest absolute Gasteiger partial charge is 0.491 e. The molecule has 6 nitrogen and oxygen atoms in total. The second kappa shape index (κ2) is 6.31. The first kappa shape index (κ1) is 16.2. The van der Waals surface area contributed by atoms with Crippen LogP contribution in [0.1, 0.15) is 19.7 Å². The zero-order chi connectivity index (χ0) is 16.3. The molecule has 1 N–H and O–H groups in total. The Morgan fingerprint density at radius 3 is 2.55 bits per heavy atom. The van der Waals surface area contributed by atoms with Crippen LogP contribution in [0.2, 0.25) is 0 Å². The molecule has 0 bridgehead atoms. The maximum absolute atomic E-state index is 12.5. The number of aryl methyl sites for hydroxylation is 1. The van der Waals surface area contributed by atoms with E-state index in [1.807, 2.05) is 0 Å². The monoisotopic (exact) mass is 321 g/mol. The summed E-state index contributed by atoms with van der Waals surface area (Å²) < 4.78 is 30.1. The summed E-state index contributed by atoms with van der Waals surface area (Å²) >= 11 is 0. The number of aromatic nitrogens is 2. The number of nitrogens with one attached hydrogen (secondary N) is 1. The molecular formula is C15H19N3O3S. The van der Waals surface area contributed by atoms with Crippen molar-refractivity contribution < 1.29 is 13.2 Å². The highest BCUT2D eigenvalue weighted by Gasteiger charge is 2.23. The quantitative estimate of drug-likeness (QED) is 0.912. The number of para-hydroxylation sites is 1. The molecule has 22 heavy (non-hydrogen) atoms. The summed E-state index contributed by atoms with van der Waals surface area (Å²) in [5.74, 6) is 1.44. The van der Waals surface area contributed by atoms with Gasteiger partial charge < -0.3 is 10.1 Å². The molecular weight excluding hydrogens is 302 g/mol. The summed E-state index contributed by atoms with van der Waals surface area (Å²) in [4.78, 5) is 8.56. The minimum Gasteiger partial charge on any atom is -0.491 e. The number of hydrogen-bond acceptors (Lipinski definition) is 6. The van der Waals surface area contributed by atoms with Gasteiger partial charge in [-0.05, 0) is 32.9 Å². The number of ether oxygens (including phenoxy) is 1. The maximum Gasteiger partial charge on any atom is 0.182 e. The predicted molar refractivity (Wildman–Crippen MR) is 85.4 cm³/mol. The third kappa shape index (κ3) is 3.19. The number of rotatable bonds is 5. The molecule has 0 aliphatic rings. The highest BCUT2D eigenvalue weighted by molar-refractivity contribution is 7.92. The molecule has 0 radical (unpaired) electrons. The summed E-state index contributed by atoms with van der Waals surface area (Å²) in [6.45, 7) is 5.06. The van der Waals surface area contributed by atoms with Gasteiger partial charge in [0.1, 0.15) is 5.82 Å². The summed E-state index contributed by atoms with van der Waals surface area (Å²) in [6.07, 6.45) is 1.55. The smallest absolute Gasteiger partial charge is 0.182 e. The van der Waals surface area contributed by atoms with Crippen molar-refractivity contribution >= 4 is 21.3 Å². The van der Waals surface area contributed by atoms with Crippen molar-refractivity contribution in [1.29, 1.82) is 0 Å². The van der Waals surface area contributed by atoms with Gasteiger partial charge >= 0.3 is 0 Å². The third-order valence-corrected chi connectivity index (χ3v) is 5.37. The Bertz CT molecular complexity index is 773. The molecule has 0 aliphatic carbocycles. The molecule has 118 valence electrons. The van der Waals surface area contributed by atoms with E-state index in [0.29, 0.717) is 23.1 Å². The van der Waals surface area contributed by atoms with E-state index in [9.17, 15) is 8.42 Å². The van der Waals surface area contributed by atoms with Gasteiger partial charge in [-0.1, -0.05) is 12.1 Å². The van der Waals surface area contributed by atoms with Gasteiger partial charge in [0.25, 0.3) is 0 Å². The molecule has 0 fully saturated rings. The number of nitrogens with zero attached hydrogens (tertiary/aromatic N) is 2. The fraction of sp³-hybridized carbons (Fsp3) is 0.333. The zero-order valence-electron chi connectivity index (χ0n) is 13.0. The van der Waals surface area contributed by atoms with Crippen molar-refractivity contribution in [2.75, 3.05) is 12.4 Å². The van der Waals surface area contributed by atoms with E-state index in [4.69, 9.17) is 4.74 Å². The molecule has 0 spiro atoms. The Labute approximate surface area is 130 Å². The second-order valence-corrected chi connectivity index (χ2v) is 7.52. The van der Waals surface area contributed by atoms with Crippen LogP contribution in [0.25, 0.3) is 0 Å². The normalized spacial score (nSPS) is 11.5. The first-order valence-corrected chi connectivity index (χ1v) is 8.38. The molecule has 0 saturated carbocycles. The van der Waals surface area contributed by atoms with E-state index in [2.05, 4.69) is 15.3 Å². The van der Waals surface area contributed by atoms with Gasteiger partial charge in [0, 0.05) is 0 Å². The van der Waals surface area contributed by atoms with Crippen molar-refractivity contribution in [2.24, 2.45) is 0 Å². The van der Waals surface area contributed by atoms with E-state index in [0.717, 1.165) is 0 Å². The van der Waals surface area contributed by atoms with E-state index >= 15 is 0 Å². The highest BCUT2D eigenvalue weighted by atomic mass is 32.2. The van der Waals surface area contributed by atoms with Gasteiger partial charge in [-0.2, -0.15) is 0 Å². The van der Waals surface area contributed by atoms with Crippen molar-refractivity contribution in [3.63, 3.8) is 0 Å². The summed E-state index contributed by atoms with van der Waals surface area (Å²) in [5.41, 5.74) is 0.465. The number of methoxy groups -OCH3 is 1. The molecule has 0 aliphatic heterocycles. The third-order valence-electron chi connectivity index (χ3n) is 3.16. The molecule has 0 amide bonds. The van der Waals surface area contributed by atoms with Crippen LogP contribution >= 0.6 is 0 Å². The Morgan fingerprint density at radius 2 is 1.91 bits per heavy atom. The number of anilines is 2. The van der Waals surface area contributed by atoms with E-state index in [1.165, 1.54) is 7.11 Å². The minimum absolute atomic E-state index is 0.239. The van der Waals surface area contributed by atoms with Gasteiger partial charge in [0.2, 0.25) is 0 Å². The first-order chi connectivity index (χ1) is 10.4. The van der Waals surface area contributed by atoms with Gasteiger partial charge in [0.05, 0.1) is 29.1 Å². The molecule has 2 rings (SSSR count). The standard InChI is InChI=1S/C15H19N3O3S/c1-10(2)22(19,20)14-8-6-5-7-12(14)18-15-13(21-4)9-16-11(3)17-15/h5-10H,1-4H3,(H,16,17,18). The second-order valence-electron chi connectivity index (χ2n) is 5.05. The van der Waals surface area contributed by atoms with E-state index in [-0.39, 0.29) is 4.90 Å².